The summed E-state index contributed by atoms with van der Waals surface area (Å²) < 4.78 is 1.41. The van der Waals surface area contributed by atoms with Crippen LogP contribution in [0.2, 0.25) is 18.7 Å². The van der Waals surface area contributed by atoms with Crippen molar-refractivity contribution < 1.29 is 0 Å². The van der Waals surface area contributed by atoms with Crippen molar-refractivity contribution in [3.63, 3.8) is 0 Å². The molecule has 1 aromatic carbocycles. The minimum Gasteiger partial charge on any atom is -0.304 e. The number of hydrogen-bond donors (Lipinski definition) is 1. The summed E-state index contributed by atoms with van der Waals surface area (Å²) in [6.07, 6.45) is 0. The Labute approximate surface area is 142 Å². The second-order valence-electron chi connectivity index (χ2n) is 4.56. The van der Waals surface area contributed by atoms with Crippen LogP contribution < -0.4 is 5.32 Å². The quantitative estimate of drug-likeness (QED) is 0.627. The average Bonchev–Trinajstić information content (AvgIpc) is 2.71. The monoisotopic (exact) mass is 367 g/mol. The maximum absolute atomic E-state index is 6.17. The van der Waals surface area contributed by atoms with E-state index >= 15 is 0 Å². The minimum absolute atomic E-state index is 0.0932. The van der Waals surface area contributed by atoms with Gasteiger partial charge in [0.2, 0.25) is 0 Å². The second kappa shape index (κ2) is 6.87. The van der Waals surface area contributed by atoms with Gasteiger partial charge < -0.3 is 5.32 Å². The Morgan fingerprint density at radius 2 is 1.65 bits per heavy atom. The summed E-state index contributed by atoms with van der Waals surface area (Å²) in [7, 11) is 0. The molecule has 1 aromatic heterocycles. The minimum atomic E-state index is 0.0932. The number of rotatable bonds is 4. The van der Waals surface area contributed by atoms with Crippen LogP contribution in [0.5, 0.6) is 0 Å². The van der Waals surface area contributed by atoms with Crippen molar-refractivity contribution in [2.75, 3.05) is 0 Å². The Balaban J connectivity index is 2.12. The summed E-state index contributed by atoms with van der Waals surface area (Å²) in [5, 5.41) is 4.59. The van der Waals surface area contributed by atoms with Crippen LogP contribution in [0.15, 0.2) is 24.3 Å². The molecule has 0 spiro atoms. The van der Waals surface area contributed by atoms with Crippen LogP contribution in [0.3, 0.4) is 0 Å². The van der Waals surface area contributed by atoms with E-state index in [1.54, 1.807) is 6.07 Å². The van der Waals surface area contributed by atoms with Crippen LogP contribution in [-0.4, -0.2) is 0 Å². The van der Waals surface area contributed by atoms with Gasteiger partial charge >= 0.3 is 0 Å². The molecule has 6 heteroatoms. The third-order valence-electron chi connectivity index (χ3n) is 3.09. The van der Waals surface area contributed by atoms with Gasteiger partial charge in [-0.05, 0) is 43.2 Å². The SMILES string of the molecule is CC(NC(C)c1cc(Cl)sc1Cl)c1ccc(Cl)c(Cl)c1. The molecule has 0 fully saturated rings. The molecule has 0 bridgehead atoms. The van der Waals surface area contributed by atoms with Crippen LogP contribution in [0.1, 0.15) is 37.1 Å². The zero-order valence-corrected chi connectivity index (χ0v) is 14.7. The number of halogens is 4. The second-order valence-corrected chi connectivity index (χ2v) is 7.66. The first-order valence-corrected chi connectivity index (χ1v) is 8.37. The molecule has 20 heavy (non-hydrogen) atoms. The van der Waals surface area contributed by atoms with Crippen molar-refractivity contribution in [1.29, 1.82) is 0 Å². The van der Waals surface area contributed by atoms with Crippen LogP contribution in [0, 0.1) is 0 Å². The van der Waals surface area contributed by atoms with E-state index in [0.29, 0.717) is 14.4 Å². The normalized spacial score (nSPS) is 14.3. The van der Waals surface area contributed by atoms with Crippen molar-refractivity contribution in [2.45, 2.75) is 25.9 Å². The molecule has 1 N–H and O–H groups in total. The Kier molecular flexibility index (Phi) is 5.63. The van der Waals surface area contributed by atoms with Gasteiger partial charge in [0.1, 0.15) is 0 Å². The highest BCUT2D eigenvalue weighted by Crippen LogP contribution is 2.36. The van der Waals surface area contributed by atoms with Gasteiger partial charge in [-0.3, -0.25) is 0 Å². The molecule has 2 aromatic rings. The molecule has 0 amide bonds. The standard InChI is InChI=1S/C14H13Cl4NS/c1-7(9-3-4-11(15)12(16)5-9)19-8(2)10-6-13(17)20-14(10)18/h3-8,19H,1-2H3. The van der Waals surface area contributed by atoms with Gasteiger partial charge in [-0.25, -0.2) is 0 Å². The van der Waals surface area contributed by atoms with E-state index in [2.05, 4.69) is 19.2 Å². The zero-order valence-electron chi connectivity index (χ0n) is 10.9. The Morgan fingerprint density at radius 1 is 0.950 bits per heavy atom. The number of thiophene rings is 1. The zero-order chi connectivity index (χ0) is 14.9. The molecule has 2 unspecified atom stereocenters. The molecule has 1 heterocycles. The van der Waals surface area contributed by atoms with E-state index in [9.17, 15) is 0 Å². The first kappa shape index (κ1) is 16.4. The molecule has 2 atom stereocenters. The Bertz CT molecular complexity index is 611. The molecule has 0 saturated carbocycles. The summed E-state index contributed by atoms with van der Waals surface area (Å²) >= 11 is 25.5. The van der Waals surface area contributed by atoms with E-state index in [1.807, 2.05) is 18.2 Å². The molecule has 0 radical (unpaired) electrons. The summed E-state index contributed by atoms with van der Waals surface area (Å²) in [5.41, 5.74) is 2.08. The molecule has 0 aliphatic heterocycles. The summed E-state index contributed by atoms with van der Waals surface area (Å²) in [6.45, 7) is 4.12. The first-order chi connectivity index (χ1) is 9.38. The van der Waals surface area contributed by atoms with Crippen molar-refractivity contribution in [1.82, 2.24) is 5.32 Å². The van der Waals surface area contributed by atoms with Crippen molar-refractivity contribution in [2.24, 2.45) is 0 Å². The molecule has 0 aliphatic rings. The van der Waals surface area contributed by atoms with Gasteiger partial charge in [0, 0.05) is 12.1 Å². The van der Waals surface area contributed by atoms with E-state index in [-0.39, 0.29) is 12.1 Å². The van der Waals surface area contributed by atoms with Gasteiger partial charge in [0.05, 0.1) is 18.7 Å². The summed E-state index contributed by atoms with van der Waals surface area (Å²) in [6, 6.07) is 7.74. The molecule has 1 nitrogen and oxygen atoms in total. The first-order valence-electron chi connectivity index (χ1n) is 6.04. The van der Waals surface area contributed by atoms with Gasteiger partial charge in [-0.1, -0.05) is 52.5 Å². The van der Waals surface area contributed by atoms with E-state index < -0.39 is 0 Å². The predicted molar refractivity (Wildman–Crippen MR) is 90.8 cm³/mol. The lowest BCUT2D eigenvalue weighted by Gasteiger charge is -2.20. The highest BCUT2D eigenvalue weighted by Gasteiger charge is 2.16. The molecular formula is C14H13Cl4NS. The van der Waals surface area contributed by atoms with E-state index in [1.165, 1.54) is 11.3 Å². The van der Waals surface area contributed by atoms with Crippen LogP contribution in [-0.2, 0) is 0 Å². The van der Waals surface area contributed by atoms with Crippen molar-refractivity contribution >= 4 is 57.7 Å². The molecule has 0 aliphatic carbocycles. The smallest absolute Gasteiger partial charge is 0.0991 e. The molecular weight excluding hydrogens is 356 g/mol. The van der Waals surface area contributed by atoms with Crippen LogP contribution >= 0.6 is 57.7 Å². The van der Waals surface area contributed by atoms with E-state index in [4.69, 9.17) is 46.4 Å². The van der Waals surface area contributed by atoms with Gasteiger partial charge in [-0.15, -0.1) is 11.3 Å². The Morgan fingerprint density at radius 3 is 2.20 bits per heavy atom. The lowest BCUT2D eigenvalue weighted by Crippen LogP contribution is -2.22. The van der Waals surface area contributed by atoms with Crippen molar-refractivity contribution in [3.8, 4) is 0 Å². The highest BCUT2D eigenvalue weighted by molar-refractivity contribution is 7.20. The lowest BCUT2D eigenvalue weighted by molar-refractivity contribution is 0.496. The topological polar surface area (TPSA) is 12.0 Å². The van der Waals surface area contributed by atoms with Gasteiger partial charge in [0.15, 0.2) is 0 Å². The number of hydrogen-bond acceptors (Lipinski definition) is 2. The number of benzene rings is 1. The third kappa shape index (κ3) is 3.82. The summed E-state index contributed by atoms with van der Waals surface area (Å²) in [4.78, 5) is 0. The largest absolute Gasteiger partial charge is 0.304 e. The third-order valence-corrected chi connectivity index (χ3v) is 5.35. The van der Waals surface area contributed by atoms with Crippen molar-refractivity contribution in [3.05, 3.63) is 54.1 Å². The number of nitrogens with one attached hydrogen (secondary N) is 1. The maximum atomic E-state index is 6.17. The predicted octanol–water partition coefficient (Wildman–Crippen LogP) is 6.77. The Hall–Kier alpha value is 0.0400. The fraction of sp³-hybridized carbons (Fsp3) is 0.286. The van der Waals surface area contributed by atoms with Gasteiger partial charge in [0.25, 0.3) is 0 Å². The fourth-order valence-corrected chi connectivity index (χ4v) is 3.94. The maximum Gasteiger partial charge on any atom is 0.0991 e. The van der Waals surface area contributed by atoms with Gasteiger partial charge in [-0.2, -0.15) is 0 Å². The van der Waals surface area contributed by atoms with E-state index in [0.717, 1.165) is 15.5 Å². The average molecular weight is 369 g/mol. The lowest BCUT2D eigenvalue weighted by atomic mass is 10.1. The summed E-state index contributed by atoms with van der Waals surface area (Å²) in [5.74, 6) is 0. The fourth-order valence-electron chi connectivity index (χ4n) is 1.99. The highest BCUT2D eigenvalue weighted by atomic mass is 35.5. The molecule has 2 rings (SSSR count). The van der Waals surface area contributed by atoms with Crippen LogP contribution in [0.25, 0.3) is 0 Å². The molecule has 0 saturated heterocycles. The molecule has 108 valence electrons. The van der Waals surface area contributed by atoms with Crippen LogP contribution in [0.4, 0.5) is 0 Å².